The Morgan fingerprint density at radius 3 is 2.37 bits per heavy atom. The van der Waals surface area contributed by atoms with Gasteiger partial charge in [-0.15, -0.1) is 0 Å². The molecular weight excluding hydrogens is 260 g/mol. The van der Waals surface area contributed by atoms with E-state index in [2.05, 4.69) is 23.7 Å². The third-order valence-corrected chi connectivity index (χ3v) is 4.64. The summed E-state index contributed by atoms with van der Waals surface area (Å²) in [7, 11) is 0. The van der Waals surface area contributed by atoms with E-state index in [1.807, 2.05) is 13.8 Å². The van der Waals surface area contributed by atoms with Crippen molar-refractivity contribution in [1.29, 1.82) is 0 Å². The summed E-state index contributed by atoms with van der Waals surface area (Å²) in [6, 6.07) is 0. The van der Waals surface area contributed by atoms with Crippen LogP contribution in [0.25, 0.3) is 0 Å². The summed E-state index contributed by atoms with van der Waals surface area (Å²) in [6.45, 7) is 10.4. The third-order valence-electron chi connectivity index (χ3n) is 3.52. The number of nitrogens with zero attached hydrogens (tertiary/aromatic N) is 2. The second-order valence-corrected chi connectivity index (χ2v) is 7.00. The van der Waals surface area contributed by atoms with Gasteiger partial charge in [0.25, 0.3) is 0 Å². The van der Waals surface area contributed by atoms with Crippen molar-refractivity contribution in [3.8, 4) is 0 Å². The van der Waals surface area contributed by atoms with Crippen LogP contribution in [0.1, 0.15) is 55.4 Å². The highest BCUT2D eigenvalue weighted by Crippen LogP contribution is 2.34. The van der Waals surface area contributed by atoms with Crippen LogP contribution in [0.2, 0.25) is 0 Å². The van der Waals surface area contributed by atoms with Crippen LogP contribution < -0.4 is 4.90 Å². The average Bonchev–Trinajstić information content (AvgIpc) is 2.72. The smallest absolute Gasteiger partial charge is 0.347 e. The Balaban J connectivity index is 2.30. The molecule has 0 saturated carbocycles. The number of anilines is 1. The average molecular weight is 282 g/mol. The van der Waals surface area contributed by atoms with E-state index in [9.17, 15) is 9.90 Å². The third kappa shape index (κ3) is 3.08. The zero-order valence-corrected chi connectivity index (χ0v) is 12.8. The molecule has 0 radical (unpaired) electrons. The van der Waals surface area contributed by atoms with Crippen molar-refractivity contribution >= 4 is 22.4 Å². The van der Waals surface area contributed by atoms with Crippen LogP contribution in [0, 0.1) is 11.8 Å². The standard InChI is InChI=1S/C14H22N2O2S/c1-8(2)11-12(13(17)18)19-14(15-11)16-6-9(3)5-10(4)7-16/h8-10H,5-7H2,1-4H3,(H,17,18). The van der Waals surface area contributed by atoms with Crippen molar-refractivity contribution < 1.29 is 9.90 Å². The molecule has 1 aliphatic rings. The largest absolute Gasteiger partial charge is 0.477 e. The molecule has 0 aromatic carbocycles. The summed E-state index contributed by atoms with van der Waals surface area (Å²) >= 11 is 1.32. The molecule has 2 atom stereocenters. The van der Waals surface area contributed by atoms with E-state index in [0.29, 0.717) is 16.7 Å². The molecule has 0 spiro atoms. The lowest BCUT2D eigenvalue weighted by molar-refractivity contribution is 0.0700. The number of carbonyl (C=O) groups is 1. The molecule has 4 nitrogen and oxygen atoms in total. The Labute approximate surface area is 118 Å². The van der Waals surface area contributed by atoms with Gasteiger partial charge in [-0.25, -0.2) is 9.78 Å². The second-order valence-electron chi connectivity index (χ2n) is 6.02. The van der Waals surface area contributed by atoms with E-state index in [1.165, 1.54) is 17.8 Å². The van der Waals surface area contributed by atoms with E-state index < -0.39 is 5.97 Å². The lowest BCUT2D eigenvalue weighted by Crippen LogP contribution is -2.38. The molecule has 19 heavy (non-hydrogen) atoms. The van der Waals surface area contributed by atoms with Gasteiger partial charge in [0, 0.05) is 13.1 Å². The van der Waals surface area contributed by atoms with Crippen LogP contribution in [0.5, 0.6) is 0 Å². The first-order chi connectivity index (χ1) is 8.88. The van der Waals surface area contributed by atoms with Crippen molar-refractivity contribution in [3.63, 3.8) is 0 Å². The van der Waals surface area contributed by atoms with Gasteiger partial charge in [0.2, 0.25) is 0 Å². The zero-order chi connectivity index (χ0) is 14.2. The first-order valence-electron chi connectivity index (χ1n) is 6.87. The molecule has 1 N–H and O–H groups in total. The van der Waals surface area contributed by atoms with Gasteiger partial charge in [0.1, 0.15) is 4.88 Å². The Morgan fingerprint density at radius 2 is 1.95 bits per heavy atom. The number of hydrogen-bond acceptors (Lipinski definition) is 4. The minimum atomic E-state index is -0.856. The topological polar surface area (TPSA) is 53.4 Å². The molecular formula is C14H22N2O2S. The van der Waals surface area contributed by atoms with Crippen LogP contribution in [0.3, 0.4) is 0 Å². The maximum absolute atomic E-state index is 11.3. The summed E-state index contributed by atoms with van der Waals surface area (Å²) in [4.78, 5) is 18.5. The molecule has 5 heteroatoms. The second kappa shape index (κ2) is 5.49. The maximum Gasteiger partial charge on any atom is 0.347 e. The molecule has 106 valence electrons. The van der Waals surface area contributed by atoms with Crippen LogP contribution in [0.4, 0.5) is 5.13 Å². The first kappa shape index (κ1) is 14.3. The Hall–Kier alpha value is -1.10. The highest BCUT2D eigenvalue weighted by molar-refractivity contribution is 7.17. The van der Waals surface area contributed by atoms with E-state index in [-0.39, 0.29) is 5.92 Å². The molecule has 2 heterocycles. The van der Waals surface area contributed by atoms with E-state index >= 15 is 0 Å². The van der Waals surface area contributed by atoms with Crippen molar-refractivity contribution in [1.82, 2.24) is 4.98 Å². The number of hydrogen-bond donors (Lipinski definition) is 1. The highest BCUT2D eigenvalue weighted by atomic mass is 32.1. The fourth-order valence-corrected chi connectivity index (χ4v) is 3.90. The Bertz CT molecular complexity index is 460. The van der Waals surface area contributed by atoms with Crippen molar-refractivity contribution in [2.75, 3.05) is 18.0 Å². The lowest BCUT2D eigenvalue weighted by Gasteiger charge is -2.34. The lowest BCUT2D eigenvalue weighted by atomic mass is 9.92. The van der Waals surface area contributed by atoms with Crippen LogP contribution in [0.15, 0.2) is 0 Å². The molecule has 2 unspecified atom stereocenters. The molecule has 1 saturated heterocycles. The molecule has 1 aromatic heterocycles. The molecule has 1 aliphatic heterocycles. The van der Waals surface area contributed by atoms with Gasteiger partial charge in [0.15, 0.2) is 5.13 Å². The summed E-state index contributed by atoms with van der Waals surface area (Å²) < 4.78 is 0. The van der Waals surface area contributed by atoms with Gasteiger partial charge in [-0.05, 0) is 24.2 Å². The Kier molecular flexibility index (Phi) is 4.13. The van der Waals surface area contributed by atoms with Crippen LogP contribution >= 0.6 is 11.3 Å². The number of aromatic nitrogens is 1. The van der Waals surface area contributed by atoms with E-state index in [0.717, 1.165) is 23.9 Å². The summed E-state index contributed by atoms with van der Waals surface area (Å²) in [5, 5.41) is 10.2. The number of aromatic carboxylic acids is 1. The minimum absolute atomic E-state index is 0.149. The quantitative estimate of drug-likeness (QED) is 0.922. The summed E-state index contributed by atoms with van der Waals surface area (Å²) in [6.07, 6.45) is 1.24. The number of rotatable bonds is 3. The predicted octanol–water partition coefficient (Wildman–Crippen LogP) is 3.45. The molecule has 1 fully saturated rings. The summed E-state index contributed by atoms with van der Waals surface area (Å²) in [5.74, 6) is 0.577. The van der Waals surface area contributed by atoms with Gasteiger partial charge in [-0.1, -0.05) is 39.0 Å². The molecule has 0 bridgehead atoms. The Morgan fingerprint density at radius 1 is 1.37 bits per heavy atom. The summed E-state index contributed by atoms with van der Waals surface area (Å²) in [5.41, 5.74) is 0.721. The number of piperidine rings is 1. The van der Waals surface area contributed by atoms with Crippen molar-refractivity contribution in [3.05, 3.63) is 10.6 Å². The van der Waals surface area contributed by atoms with Crippen LogP contribution in [-0.2, 0) is 0 Å². The first-order valence-corrected chi connectivity index (χ1v) is 7.69. The normalized spacial score (nSPS) is 23.9. The monoisotopic (exact) mass is 282 g/mol. The van der Waals surface area contributed by atoms with Gasteiger partial charge in [0.05, 0.1) is 5.69 Å². The highest BCUT2D eigenvalue weighted by Gasteiger charge is 2.27. The zero-order valence-electron chi connectivity index (χ0n) is 12.0. The fraction of sp³-hybridized carbons (Fsp3) is 0.714. The fourth-order valence-electron chi connectivity index (χ4n) is 2.82. The van der Waals surface area contributed by atoms with Gasteiger partial charge in [-0.3, -0.25) is 0 Å². The molecule has 1 aromatic rings. The van der Waals surface area contributed by atoms with Gasteiger partial charge in [-0.2, -0.15) is 0 Å². The SMILES string of the molecule is CC1CC(C)CN(c2nc(C(C)C)c(C(=O)O)s2)C1. The minimum Gasteiger partial charge on any atom is -0.477 e. The maximum atomic E-state index is 11.3. The number of thiazole rings is 1. The van der Waals surface area contributed by atoms with Gasteiger partial charge >= 0.3 is 5.97 Å². The van der Waals surface area contributed by atoms with Gasteiger partial charge < -0.3 is 10.0 Å². The predicted molar refractivity (Wildman–Crippen MR) is 78.3 cm³/mol. The van der Waals surface area contributed by atoms with Crippen LogP contribution in [-0.4, -0.2) is 29.1 Å². The number of carboxylic acids is 1. The molecule has 0 amide bonds. The van der Waals surface area contributed by atoms with Crippen molar-refractivity contribution in [2.45, 2.75) is 40.0 Å². The molecule has 2 rings (SSSR count). The number of carboxylic acid groups (broad SMARTS) is 1. The van der Waals surface area contributed by atoms with E-state index in [1.54, 1.807) is 0 Å². The van der Waals surface area contributed by atoms with E-state index in [4.69, 9.17) is 0 Å². The molecule has 0 aliphatic carbocycles. The van der Waals surface area contributed by atoms with Crippen molar-refractivity contribution in [2.24, 2.45) is 11.8 Å².